The van der Waals surface area contributed by atoms with Crippen LogP contribution in [0.4, 0.5) is 5.82 Å². The molecule has 1 saturated carbocycles. The number of nitrogens with zero attached hydrogens (tertiary/aromatic N) is 3. The number of ether oxygens (including phenoxy) is 1. The van der Waals surface area contributed by atoms with Crippen LogP contribution >= 0.6 is 0 Å². The van der Waals surface area contributed by atoms with Gasteiger partial charge in [-0.1, -0.05) is 19.1 Å². The number of anilines is 1. The number of aliphatic hydroxyl groups is 1. The van der Waals surface area contributed by atoms with Gasteiger partial charge in [0.05, 0.1) is 12.6 Å². The highest BCUT2D eigenvalue weighted by atomic mass is 32.2. The zero-order valence-corrected chi connectivity index (χ0v) is 18.4. The van der Waals surface area contributed by atoms with E-state index in [1.165, 1.54) is 6.26 Å². The Bertz CT molecular complexity index is 1250. The second-order valence-corrected chi connectivity index (χ2v) is 10.7. The molecule has 31 heavy (non-hydrogen) atoms. The Morgan fingerprint density at radius 3 is 2.77 bits per heavy atom. The minimum atomic E-state index is -3.40. The fourth-order valence-corrected chi connectivity index (χ4v) is 5.83. The highest BCUT2D eigenvalue weighted by molar-refractivity contribution is 7.92. The molecule has 1 aliphatic carbocycles. The molecule has 1 aliphatic heterocycles. The van der Waals surface area contributed by atoms with Crippen molar-refractivity contribution in [2.75, 3.05) is 30.9 Å². The van der Waals surface area contributed by atoms with Crippen molar-refractivity contribution in [3.05, 3.63) is 36.2 Å². The van der Waals surface area contributed by atoms with Gasteiger partial charge in [0.15, 0.2) is 27.2 Å². The highest BCUT2D eigenvalue weighted by Crippen LogP contribution is 2.56. The van der Waals surface area contributed by atoms with Crippen molar-refractivity contribution < 1.29 is 18.3 Å². The van der Waals surface area contributed by atoms with Crippen LogP contribution in [0.25, 0.3) is 22.3 Å². The van der Waals surface area contributed by atoms with Crippen LogP contribution < -0.4 is 9.64 Å². The quantitative estimate of drug-likeness (QED) is 0.604. The molecule has 9 heteroatoms. The molecule has 0 bridgehead atoms. The largest absolute Gasteiger partial charge is 0.486 e. The molecular formula is C22H26N4O4S. The summed E-state index contributed by atoms with van der Waals surface area (Å²) < 4.78 is 30.5. The second-order valence-electron chi connectivity index (χ2n) is 8.40. The van der Waals surface area contributed by atoms with E-state index >= 15 is 0 Å². The molecule has 0 saturated heterocycles. The number of fused-ring (bicyclic) bond motifs is 2. The van der Waals surface area contributed by atoms with Crippen LogP contribution in [0.3, 0.4) is 0 Å². The fraction of sp³-hybridized carbons (Fsp3) is 0.455. The van der Waals surface area contributed by atoms with Gasteiger partial charge in [0.1, 0.15) is 17.0 Å². The zero-order valence-electron chi connectivity index (χ0n) is 17.6. The second kappa shape index (κ2) is 7.20. The molecule has 1 fully saturated rings. The summed E-state index contributed by atoms with van der Waals surface area (Å²) in [6.45, 7) is 2.94. The Hall–Kier alpha value is -2.65. The summed E-state index contributed by atoms with van der Waals surface area (Å²) in [4.78, 5) is 14.9. The third kappa shape index (κ3) is 3.10. The SMILES string of the molecule is CCCN1c2nc(-c3cccc4[nH]ccc34)nc(C3(S(C)(=O)=O)CC3)c2OC[C@@H]1CO. The van der Waals surface area contributed by atoms with Gasteiger partial charge in [-0.15, -0.1) is 0 Å². The van der Waals surface area contributed by atoms with Gasteiger partial charge < -0.3 is 19.7 Å². The minimum absolute atomic E-state index is 0.0707. The van der Waals surface area contributed by atoms with Crippen molar-refractivity contribution >= 4 is 26.6 Å². The first-order chi connectivity index (χ1) is 14.9. The van der Waals surface area contributed by atoms with E-state index in [1.807, 2.05) is 35.4 Å². The van der Waals surface area contributed by atoms with Gasteiger partial charge in [-0.05, 0) is 31.4 Å². The van der Waals surface area contributed by atoms with Crippen LogP contribution in [0.5, 0.6) is 5.75 Å². The summed E-state index contributed by atoms with van der Waals surface area (Å²) in [5.41, 5.74) is 2.23. The van der Waals surface area contributed by atoms with Crippen LogP contribution in [-0.2, 0) is 14.6 Å². The monoisotopic (exact) mass is 442 g/mol. The predicted molar refractivity (Wildman–Crippen MR) is 119 cm³/mol. The van der Waals surface area contributed by atoms with Gasteiger partial charge in [0.25, 0.3) is 0 Å². The summed E-state index contributed by atoms with van der Waals surface area (Å²) in [7, 11) is -3.40. The maximum Gasteiger partial charge on any atom is 0.185 e. The first-order valence-corrected chi connectivity index (χ1v) is 12.5. The topological polar surface area (TPSA) is 108 Å². The lowest BCUT2D eigenvalue weighted by atomic mass is 10.1. The van der Waals surface area contributed by atoms with E-state index in [4.69, 9.17) is 14.7 Å². The molecule has 0 unspecified atom stereocenters. The molecule has 2 aliphatic rings. The molecule has 3 heterocycles. The van der Waals surface area contributed by atoms with E-state index in [9.17, 15) is 13.5 Å². The maximum atomic E-state index is 12.8. The molecule has 3 aromatic rings. The van der Waals surface area contributed by atoms with Crippen molar-refractivity contribution in [1.29, 1.82) is 0 Å². The number of rotatable bonds is 6. The predicted octanol–water partition coefficient (Wildman–Crippen LogP) is 2.63. The van der Waals surface area contributed by atoms with Gasteiger partial charge in [0.2, 0.25) is 0 Å². The number of nitrogens with one attached hydrogen (secondary N) is 1. The number of aromatic amines is 1. The van der Waals surface area contributed by atoms with Gasteiger partial charge in [-0.2, -0.15) is 0 Å². The average molecular weight is 443 g/mol. The maximum absolute atomic E-state index is 12.8. The van der Waals surface area contributed by atoms with Crippen molar-refractivity contribution in [3.63, 3.8) is 0 Å². The minimum Gasteiger partial charge on any atom is -0.486 e. The molecule has 5 rings (SSSR count). The van der Waals surface area contributed by atoms with Gasteiger partial charge in [-0.25, -0.2) is 18.4 Å². The van der Waals surface area contributed by atoms with Gasteiger partial charge in [0, 0.05) is 35.5 Å². The zero-order chi connectivity index (χ0) is 21.8. The van der Waals surface area contributed by atoms with Crippen LogP contribution in [0.1, 0.15) is 31.9 Å². The molecule has 0 spiro atoms. The lowest BCUT2D eigenvalue weighted by Crippen LogP contribution is -2.47. The van der Waals surface area contributed by atoms with E-state index in [0.29, 0.717) is 42.5 Å². The summed E-state index contributed by atoms with van der Waals surface area (Å²) in [6.07, 6.45) is 5.02. The van der Waals surface area contributed by atoms with Crippen LogP contribution in [0.2, 0.25) is 0 Å². The Morgan fingerprint density at radius 1 is 1.29 bits per heavy atom. The van der Waals surface area contributed by atoms with Crippen molar-refractivity contribution in [2.24, 2.45) is 0 Å². The first kappa shape index (κ1) is 20.3. The van der Waals surface area contributed by atoms with Crippen LogP contribution in [0.15, 0.2) is 30.5 Å². The van der Waals surface area contributed by atoms with Crippen molar-refractivity contribution in [3.8, 4) is 17.1 Å². The van der Waals surface area contributed by atoms with E-state index in [1.54, 1.807) is 0 Å². The fourth-order valence-electron chi connectivity index (χ4n) is 4.50. The summed E-state index contributed by atoms with van der Waals surface area (Å²) in [6, 6.07) is 7.58. The van der Waals surface area contributed by atoms with Crippen molar-refractivity contribution in [2.45, 2.75) is 37.0 Å². The molecule has 1 aromatic carbocycles. The first-order valence-electron chi connectivity index (χ1n) is 10.6. The van der Waals surface area contributed by atoms with E-state index < -0.39 is 14.6 Å². The summed E-state index contributed by atoms with van der Waals surface area (Å²) in [5, 5.41) is 10.9. The number of benzene rings is 1. The average Bonchev–Trinajstić information content (AvgIpc) is 3.44. The highest BCUT2D eigenvalue weighted by Gasteiger charge is 2.57. The van der Waals surface area contributed by atoms with Crippen molar-refractivity contribution in [1.82, 2.24) is 15.0 Å². The Balaban J connectivity index is 1.79. The molecule has 2 aromatic heterocycles. The molecule has 0 radical (unpaired) electrons. The van der Waals surface area contributed by atoms with E-state index in [2.05, 4.69) is 11.9 Å². The number of hydrogen-bond donors (Lipinski definition) is 2. The lowest BCUT2D eigenvalue weighted by molar-refractivity contribution is 0.184. The molecular weight excluding hydrogens is 416 g/mol. The molecule has 164 valence electrons. The molecule has 2 N–H and O–H groups in total. The molecule has 1 atom stereocenters. The lowest BCUT2D eigenvalue weighted by Gasteiger charge is -2.38. The normalized spacial score (nSPS) is 19.8. The number of hydrogen-bond acceptors (Lipinski definition) is 7. The Kier molecular flexibility index (Phi) is 4.71. The van der Waals surface area contributed by atoms with Crippen LogP contribution in [0, 0.1) is 0 Å². The number of aromatic nitrogens is 3. The van der Waals surface area contributed by atoms with Crippen LogP contribution in [-0.4, -0.2) is 60.5 Å². The Morgan fingerprint density at radius 2 is 2.10 bits per heavy atom. The number of H-pyrrole nitrogens is 1. The summed E-state index contributed by atoms with van der Waals surface area (Å²) >= 11 is 0. The number of aliphatic hydroxyl groups excluding tert-OH is 1. The third-order valence-electron chi connectivity index (χ3n) is 6.34. The Labute approximate surface area is 181 Å². The summed E-state index contributed by atoms with van der Waals surface area (Å²) in [5.74, 6) is 1.47. The molecule has 0 amide bonds. The third-order valence-corrected chi connectivity index (χ3v) is 8.36. The molecule has 8 nitrogen and oxygen atoms in total. The van der Waals surface area contributed by atoms with Gasteiger partial charge >= 0.3 is 0 Å². The smallest absolute Gasteiger partial charge is 0.185 e. The standard InChI is InChI=1S/C22H26N4O4S/c1-3-11-26-14(12-27)13-30-18-19(22(8-9-22)31(2,28)29)24-20(25-21(18)26)16-5-4-6-17-15(16)7-10-23-17/h4-7,10,14,23,27H,3,8-9,11-13H2,1-2H3/t14-/m0/s1. The number of sulfone groups is 1. The van der Waals surface area contributed by atoms with Gasteiger partial charge in [-0.3, -0.25) is 0 Å². The van der Waals surface area contributed by atoms with E-state index in [-0.39, 0.29) is 19.3 Å². The van der Waals surface area contributed by atoms with E-state index in [0.717, 1.165) is 22.9 Å².